The van der Waals surface area contributed by atoms with Crippen LogP contribution in [-0.4, -0.2) is 23.3 Å². The highest BCUT2D eigenvalue weighted by Gasteiger charge is 2.20. The van der Waals surface area contributed by atoms with Gasteiger partial charge in [-0.25, -0.2) is 4.39 Å². The predicted octanol–water partition coefficient (Wildman–Crippen LogP) is 3.18. The van der Waals surface area contributed by atoms with Crippen molar-refractivity contribution in [1.29, 1.82) is 0 Å². The minimum absolute atomic E-state index is 0.0861. The second-order valence-electron chi connectivity index (χ2n) is 7.09. The lowest BCUT2D eigenvalue weighted by atomic mass is 9.96. The summed E-state index contributed by atoms with van der Waals surface area (Å²) in [5.74, 6) is -0.331. The van der Waals surface area contributed by atoms with Crippen LogP contribution in [0.2, 0.25) is 0 Å². The SMILES string of the molecule is CC(C)(C)C(=O)NCCC(=O)NCc1ccc(Oc2cccnc2)c(F)c1. The molecule has 0 saturated heterocycles. The number of nitrogens with one attached hydrogen (secondary N) is 2. The maximum absolute atomic E-state index is 14.2. The van der Waals surface area contributed by atoms with Gasteiger partial charge in [0.15, 0.2) is 11.6 Å². The Hall–Kier alpha value is -2.96. The Kier molecular flexibility index (Phi) is 6.87. The highest BCUT2D eigenvalue weighted by atomic mass is 19.1. The lowest BCUT2D eigenvalue weighted by molar-refractivity contribution is -0.128. The van der Waals surface area contributed by atoms with Gasteiger partial charge < -0.3 is 15.4 Å². The molecule has 2 rings (SSSR count). The molecule has 1 heterocycles. The molecule has 0 saturated carbocycles. The first-order chi connectivity index (χ1) is 12.8. The Bertz CT molecular complexity index is 789. The normalized spacial score (nSPS) is 11.0. The molecule has 0 bridgehead atoms. The predicted molar refractivity (Wildman–Crippen MR) is 99.6 cm³/mol. The van der Waals surface area contributed by atoms with Crippen LogP contribution in [0.1, 0.15) is 32.8 Å². The van der Waals surface area contributed by atoms with Crippen LogP contribution in [-0.2, 0) is 16.1 Å². The molecule has 0 aliphatic heterocycles. The number of carbonyl (C=O) groups is 2. The summed E-state index contributed by atoms with van der Waals surface area (Å²) in [7, 11) is 0. The van der Waals surface area contributed by atoms with Gasteiger partial charge in [0.25, 0.3) is 0 Å². The van der Waals surface area contributed by atoms with E-state index in [4.69, 9.17) is 4.74 Å². The maximum atomic E-state index is 14.2. The number of nitrogens with zero attached hydrogens (tertiary/aromatic N) is 1. The van der Waals surface area contributed by atoms with E-state index in [1.165, 1.54) is 18.3 Å². The van der Waals surface area contributed by atoms with Crippen LogP contribution in [0.5, 0.6) is 11.5 Å². The van der Waals surface area contributed by atoms with Gasteiger partial charge in [-0.1, -0.05) is 26.8 Å². The minimum atomic E-state index is -0.525. The van der Waals surface area contributed by atoms with Gasteiger partial charge in [0.2, 0.25) is 11.8 Å². The number of benzene rings is 1. The molecule has 1 aromatic heterocycles. The molecule has 0 unspecified atom stereocenters. The molecule has 0 fully saturated rings. The maximum Gasteiger partial charge on any atom is 0.225 e. The van der Waals surface area contributed by atoms with E-state index in [1.807, 2.05) is 0 Å². The second kappa shape index (κ2) is 9.12. The van der Waals surface area contributed by atoms with E-state index in [0.717, 1.165) is 0 Å². The van der Waals surface area contributed by atoms with Gasteiger partial charge in [-0.05, 0) is 29.8 Å². The van der Waals surface area contributed by atoms with Gasteiger partial charge in [-0.2, -0.15) is 0 Å². The molecule has 2 N–H and O–H groups in total. The van der Waals surface area contributed by atoms with Crippen molar-refractivity contribution in [2.45, 2.75) is 33.7 Å². The molecule has 0 spiro atoms. The van der Waals surface area contributed by atoms with E-state index < -0.39 is 11.2 Å². The fourth-order valence-electron chi connectivity index (χ4n) is 2.12. The summed E-state index contributed by atoms with van der Waals surface area (Å²) >= 11 is 0. The first-order valence-electron chi connectivity index (χ1n) is 8.67. The van der Waals surface area contributed by atoms with Crippen LogP contribution < -0.4 is 15.4 Å². The molecule has 0 radical (unpaired) electrons. The average molecular weight is 373 g/mol. The summed E-state index contributed by atoms with van der Waals surface area (Å²) in [5.41, 5.74) is 0.117. The molecule has 0 atom stereocenters. The molecule has 1 aromatic carbocycles. The molecule has 6 nitrogen and oxygen atoms in total. The van der Waals surface area contributed by atoms with Crippen LogP contribution in [0.3, 0.4) is 0 Å². The summed E-state index contributed by atoms with van der Waals surface area (Å²) in [6, 6.07) is 7.87. The van der Waals surface area contributed by atoms with Crippen LogP contribution in [0.4, 0.5) is 4.39 Å². The van der Waals surface area contributed by atoms with Gasteiger partial charge in [0, 0.05) is 31.1 Å². The third-order valence-corrected chi connectivity index (χ3v) is 3.67. The van der Waals surface area contributed by atoms with Gasteiger partial charge in [0.1, 0.15) is 5.75 Å². The number of amides is 2. The fraction of sp³-hybridized carbons (Fsp3) is 0.350. The van der Waals surface area contributed by atoms with Crippen molar-refractivity contribution in [3.63, 3.8) is 0 Å². The first kappa shape index (κ1) is 20.4. The van der Waals surface area contributed by atoms with Crippen molar-refractivity contribution in [1.82, 2.24) is 15.6 Å². The van der Waals surface area contributed by atoms with Crippen molar-refractivity contribution in [3.05, 3.63) is 54.1 Å². The van der Waals surface area contributed by atoms with E-state index in [9.17, 15) is 14.0 Å². The summed E-state index contributed by atoms with van der Waals surface area (Å²) < 4.78 is 19.6. The highest BCUT2D eigenvalue weighted by Crippen LogP contribution is 2.24. The third-order valence-electron chi connectivity index (χ3n) is 3.67. The zero-order valence-corrected chi connectivity index (χ0v) is 15.7. The Balaban J connectivity index is 1.79. The summed E-state index contributed by atoms with van der Waals surface area (Å²) in [5, 5.41) is 5.41. The summed E-state index contributed by atoms with van der Waals surface area (Å²) in [6.45, 7) is 5.86. The van der Waals surface area contributed by atoms with Crippen molar-refractivity contribution in [2.75, 3.05) is 6.54 Å². The third kappa shape index (κ3) is 6.69. The van der Waals surface area contributed by atoms with Gasteiger partial charge in [-0.3, -0.25) is 14.6 Å². The number of ether oxygens (including phenoxy) is 1. The van der Waals surface area contributed by atoms with E-state index in [1.54, 1.807) is 45.2 Å². The molecule has 0 aliphatic carbocycles. The van der Waals surface area contributed by atoms with E-state index >= 15 is 0 Å². The van der Waals surface area contributed by atoms with E-state index in [0.29, 0.717) is 11.3 Å². The molecule has 27 heavy (non-hydrogen) atoms. The number of halogens is 1. The molecule has 144 valence electrons. The Morgan fingerprint density at radius 2 is 1.96 bits per heavy atom. The first-order valence-corrected chi connectivity index (χ1v) is 8.67. The van der Waals surface area contributed by atoms with Crippen LogP contribution >= 0.6 is 0 Å². The van der Waals surface area contributed by atoms with Gasteiger partial charge in [-0.15, -0.1) is 0 Å². The average Bonchev–Trinajstić information content (AvgIpc) is 2.62. The fourth-order valence-corrected chi connectivity index (χ4v) is 2.12. The van der Waals surface area contributed by atoms with Crippen molar-refractivity contribution < 1.29 is 18.7 Å². The van der Waals surface area contributed by atoms with Gasteiger partial charge >= 0.3 is 0 Å². The van der Waals surface area contributed by atoms with E-state index in [2.05, 4.69) is 15.6 Å². The summed E-state index contributed by atoms with van der Waals surface area (Å²) in [4.78, 5) is 27.5. The zero-order valence-electron chi connectivity index (χ0n) is 15.7. The Labute approximate surface area is 158 Å². The molecular formula is C20H24FN3O3. The van der Waals surface area contributed by atoms with Crippen LogP contribution in [0.25, 0.3) is 0 Å². The van der Waals surface area contributed by atoms with E-state index in [-0.39, 0.29) is 37.1 Å². The van der Waals surface area contributed by atoms with Crippen LogP contribution in [0.15, 0.2) is 42.7 Å². The Morgan fingerprint density at radius 1 is 1.19 bits per heavy atom. The molecule has 2 amide bonds. The van der Waals surface area contributed by atoms with Crippen molar-refractivity contribution >= 4 is 11.8 Å². The molecular weight excluding hydrogens is 349 g/mol. The monoisotopic (exact) mass is 373 g/mol. The second-order valence-corrected chi connectivity index (χ2v) is 7.09. The highest BCUT2D eigenvalue weighted by molar-refractivity contribution is 5.82. The quantitative estimate of drug-likeness (QED) is 0.781. The van der Waals surface area contributed by atoms with Gasteiger partial charge in [0.05, 0.1) is 6.20 Å². The number of pyridine rings is 1. The number of aromatic nitrogens is 1. The molecule has 0 aliphatic rings. The zero-order chi connectivity index (χ0) is 19.9. The number of carbonyl (C=O) groups excluding carboxylic acids is 2. The number of hydrogen-bond donors (Lipinski definition) is 2. The standard InChI is InChI=1S/C20H24FN3O3/c1-20(2,3)19(26)23-10-8-18(25)24-12-14-6-7-17(16(21)11-14)27-15-5-4-9-22-13-15/h4-7,9,11,13H,8,10,12H2,1-3H3,(H,23,26)(H,24,25). The van der Waals surface area contributed by atoms with Crippen molar-refractivity contribution in [2.24, 2.45) is 5.41 Å². The lowest BCUT2D eigenvalue weighted by Gasteiger charge is -2.17. The lowest BCUT2D eigenvalue weighted by Crippen LogP contribution is -2.37. The van der Waals surface area contributed by atoms with Crippen molar-refractivity contribution in [3.8, 4) is 11.5 Å². The van der Waals surface area contributed by atoms with Crippen LogP contribution in [0, 0.1) is 11.2 Å². The largest absolute Gasteiger partial charge is 0.453 e. The molecule has 2 aromatic rings. The summed E-state index contributed by atoms with van der Waals surface area (Å²) in [6.07, 6.45) is 3.25. The topological polar surface area (TPSA) is 80.3 Å². The number of hydrogen-bond acceptors (Lipinski definition) is 4. The smallest absolute Gasteiger partial charge is 0.225 e. The molecule has 7 heteroatoms. The number of rotatable bonds is 7. The Morgan fingerprint density at radius 3 is 2.59 bits per heavy atom. The minimum Gasteiger partial charge on any atom is -0.453 e.